The molecule has 0 unspecified atom stereocenters. The number of aryl methyl sites for hydroxylation is 2. The number of aromatic nitrogens is 2. The zero-order valence-corrected chi connectivity index (χ0v) is 15.6. The maximum Gasteiger partial charge on any atom is 0.387 e. The van der Waals surface area contributed by atoms with Crippen LogP contribution in [0.5, 0.6) is 11.5 Å². The summed E-state index contributed by atoms with van der Waals surface area (Å²) in [6.45, 7) is -0.378. The number of hydrogen-bond donors (Lipinski definition) is 1. The summed E-state index contributed by atoms with van der Waals surface area (Å²) in [6, 6.07) is 3.97. The van der Waals surface area contributed by atoms with Crippen molar-refractivity contribution in [2.75, 3.05) is 13.7 Å². The Morgan fingerprint density at radius 2 is 2.08 bits per heavy atom. The molecule has 2 rings (SSSR count). The summed E-state index contributed by atoms with van der Waals surface area (Å²) in [5, 5.41) is 7.68. The van der Waals surface area contributed by atoms with Crippen LogP contribution in [0.4, 0.5) is 8.78 Å². The second-order valence-electron chi connectivity index (χ2n) is 5.27. The number of hydrogen-bond acceptors (Lipinski definition) is 4. The SMILES string of the molecule is COc1cc(C(=O)NCCCn2nc(C)c(Cl)c2Cl)ccc1OC(F)F. The summed E-state index contributed by atoms with van der Waals surface area (Å²) in [5.74, 6) is -0.460. The molecule has 0 aliphatic heterocycles. The lowest BCUT2D eigenvalue weighted by atomic mass is 10.2. The van der Waals surface area contributed by atoms with Crippen molar-refractivity contribution in [3.63, 3.8) is 0 Å². The highest BCUT2D eigenvalue weighted by Crippen LogP contribution is 2.29. The summed E-state index contributed by atoms with van der Waals surface area (Å²) in [4.78, 5) is 12.2. The van der Waals surface area contributed by atoms with Crippen LogP contribution < -0.4 is 14.8 Å². The zero-order valence-electron chi connectivity index (χ0n) is 14.1. The van der Waals surface area contributed by atoms with Gasteiger partial charge < -0.3 is 14.8 Å². The summed E-state index contributed by atoms with van der Waals surface area (Å²) < 4.78 is 35.5. The van der Waals surface area contributed by atoms with Crippen molar-refractivity contribution in [3.05, 3.63) is 39.6 Å². The molecule has 142 valence electrons. The van der Waals surface area contributed by atoms with Gasteiger partial charge in [0.25, 0.3) is 5.91 Å². The number of alkyl halides is 2. The fraction of sp³-hybridized carbons (Fsp3) is 0.375. The molecule has 0 atom stereocenters. The van der Waals surface area contributed by atoms with Crippen LogP contribution in [0.3, 0.4) is 0 Å². The molecule has 1 heterocycles. The smallest absolute Gasteiger partial charge is 0.387 e. The molecule has 2 aromatic rings. The number of nitrogens with one attached hydrogen (secondary N) is 1. The van der Waals surface area contributed by atoms with E-state index >= 15 is 0 Å². The lowest BCUT2D eigenvalue weighted by Gasteiger charge is -2.11. The average Bonchev–Trinajstić information content (AvgIpc) is 2.85. The van der Waals surface area contributed by atoms with Crippen LogP contribution in [0.15, 0.2) is 18.2 Å². The van der Waals surface area contributed by atoms with Crippen LogP contribution in [0, 0.1) is 6.92 Å². The van der Waals surface area contributed by atoms with Gasteiger partial charge >= 0.3 is 6.61 Å². The molecule has 1 amide bonds. The molecule has 0 bridgehead atoms. The third-order valence-corrected chi connectivity index (χ3v) is 4.40. The number of nitrogens with zero attached hydrogens (tertiary/aromatic N) is 2. The van der Waals surface area contributed by atoms with Crippen molar-refractivity contribution in [2.45, 2.75) is 26.5 Å². The minimum Gasteiger partial charge on any atom is -0.493 e. The molecule has 1 aromatic carbocycles. The molecule has 0 saturated heterocycles. The van der Waals surface area contributed by atoms with Crippen LogP contribution in [0.2, 0.25) is 10.2 Å². The first-order valence-corrected chi connectivity index (χ1v) is 8.38. The highest BCUT2D eigenvalue weighted by molar-refractivity contribution is 6.41. The second-order valence-corrected chi connectivity index (χ2v) is 6.00. The molecule has 10 heteroatoms. The van der Waals surface area contributed by atoms with Gasteiger partial charge in [-0.05, 0) is 31.5 Å². The van der Waals surface area contributed by atoms with E-state index in [0.29, 0.717) is 35.4 Å². The van der Waals surface area contributed by atoms with Crippen LogP contribution in [-0.2, 0) is 6.54 Å². The van der Waals surface area contributed by atoms with Crippen LogP contribution in [-0.4, -0.2) is 36.0 Å². The lowest BCUT2D eigenvalue weighted by molar-refractivity contribution is -0.0512. The quantitative estimate of drug-likeness (QED) is 0.673. The first-order valence-electron chi connectivity index (χ1n) is 7.63. The van der Waals surface area contributed by atoms with Gasteiger partial charge in [0.15, 0.2) is 11.5 Å². The molecular weight excluding hydrogens is 391 g/mol. The van der Waals surface area contributed by atoms with Crippen molar-refractivity contribution in [1.29, 1.82) is 0 Å². The molecule has 1 aromatic heterocycles. The van der Waals surface area contributed by atoms with E-state index in [1.165, 1.54) is 25.3 Å². The van der Waals surface area contributed by atoms with Gasteiger partial charge in [-0.15, -0.1) is 0 Å². The van der Waals surface area contributed by atoms with Crippen molar-refractivity contribution in [1.82, 2.24) is 15.1 Å². The minimum absolute atomic E-state index is 0.0476. The highest BCUT2D eigenvalue weighted by atomic mass is 35.5. The first kappa shape index (κ1) is 20.3. The second kappa shape index (κ2) is 9.05. The van der Waals surface area contributed by atoms with E-state index in [-0.39, 0.29) is 23.0 Å². The summed E-state index contributed by atoms with van der Waals surface area (Å²) in [5.41, 5.74) is 0.901. The van der Waals surface area contributed by atoms with E-state index in [1.54, 1.807) is 11.6 Å². The van der Waals surface area contributed by atoms with Crippen LogP contribution in [0.1, 0.15) is 22.5 Å². The zero-order chi connectivity index (χ0) is 19.3. The van der Waals surface area contributed by atoms with Gasteiger partial charge in [0.1, 0.15) is 10.2 Å². The number of amides is 1. The third-order valence-electron chi connectivity index (χ3n) is 3.47. The normalized spacial score (nSPS) is 10.9. The largest absolute Gasteiger partial charge is 0.493 e. The molecule has 6 nitrogen and oxygen atoms in total. The number of benzene rings is 1. The Hall–Kier alpha value is -2.06. The van der Waals surface area contributed by atoms with Crippen molar-refractivity contribution < 1.29 is 23.0 Å². The fourth-order valence-electron chi connectivity index (χ4n) is 2.21. The van der Waals surface area contributed by atoms with E-state index in [4.69, 9.17) is 27.9 Å². The Bertz CT molecular complexity index is 784. The van der Waals surface area contributed by atoms with E-state index in [2.05, 4.69) is 15.2 Å². The van der Waals surface area contributed by atoms with Gasteiger partial charge in [-0.25, -0.2) is 0 Å². The molecule has 0 radical (unpaired) electrons. The molecule has 0 saturated carbocycles. The summed E-state index contributed by atoms with van der Waals surface area (Å²) >= 11 is 12.0. The van der Waals surface area contributed by atoms with E-state index in [9.17, 15) is 13.6 Å². The number of ether oxygens (including phenoxy) is 2. The number of methoxy groups -OCH3 is 1. The average molecular weight is 408 g/mol. The van der Waals surface area contributed by atoms with Crippen molar-refractivity contribution in [3.8, 4) is 11.5 Å². The summed E-state index contributed by atoms with van der Waals surface area (Å²) in [7, 11) is 1.30. The molecule has 0 aliphatic rings. The number of rotatable bonds is 8. The maximum absolute atomic E-state index is 12.3. The predicted molar refractivity (Wildman–Crippen MR) is 93.6 cm³/mol. The molecule has 0 aliphatic carbocycles. The Morgan fingerprint density at radius 1 is 1.35 bits per heavy atom. The monoisotopic (exact) mass is 407 g/mol. The van der Waals surface area contributed by atoms with Gasteiger partial charge in [0.2, 0.25) is 0 Å². The van der Waals surface area contributed by atoms with Crippen molar-refractivity contribution >= 4 is 29.1 Å². The summed E-state index contributed by atoms with van der Waals surface area (Å²) in [6.07, 6.45) is 0.576. The Morgan fingerprint density at radius 3 is 2.65 bits per heavy atom. The van der Waals surface area contributed by atoms with Crippen LogP contribution >= 0.6 is 23.2 Å². The minimum atomic E-state index is -2.98. The van der Waals surface area contributed by atoms with Crippen molar-refractivity contribution in [2.24, 2.45) is 0 Å². The van der Waals surface area contributed by atoms with Gasteiger partial charge in [-0.2, -0.15) is 13.9 Å². The van der Waals surface area contributed by atoms with Gasteiger partial charge in [0, 0.05) is 18.7 Å². The Balaban J connectivity index is 1.90. The predicted octanol–water partition coefficient (Wildman–Crippen LogP) is 3.93. The lowest BCUT2D eigenvalue weighted by Crippen LogP contribution is -2.25. The van der Waals surface area contributed by atoms with E-state index < -0.39 is 6.61 Å². The highest BCUT2D eigenvalue weighted by Gasteiger charge is 2.14. The first-order chi connectivity index (χ1) is 12.3. The van der Waals surface area contributed by atoms with E-state index in [0.717, 1.165) is 0 Å². The third kappa shape index (κ3) is 4.98. The number of carbonyl (C=O) groups is 1. The molecule has 26 heavy (non-hydrogen) atoms. The van der Waals surface area contributed by atoms with E-state index in [1.807, 2.05) is 0 Å². The topological polar surface area (TPSA) is 65.4 Å². The molecule has 0 spiro atoms. The molecule has 0 fully saturated rings. The number of carbonyl (C=O) groups excluding carboxylic acids is 1. The molecular formula is C16H17Cl2F2N3O3. The Kier molecular flexibility index (Phi) is 7.05. The van der Waals surface area contributed by atoms with Crippen LogP contribution in [0.25, 0.3) is 0 Å². The van der Waals surface area contributed by atoms with Gasteiger partial charge in [0.05, 0.1) is 12.8 Å². The molecule has 1 N–H and O–H groups in total. The maximum atomic E-state index is 12.3. The Labute approximate surface area is 159 Å². The van der Waals surface area contributed by atoms with Gasteiger partial charge in [-0.3, -0.25) is 9.48 Å². The fourth-order valence-corrected chi connectivity index (χ4v) is 2.61. The number of halogens is 4. The standard InChI is InChI=1S/C16H17Cl2F2N3O3/c1-9-13(17)14(18)23(22-9)7-3-6-21-15(24)10-4-5-11(26-16(19)20)12(8-10)25-2/h4-5,8,16H,3,6-7H2,1-2H3,(H,21,24). The van der Waals surface area contributed by atoms with Gasteiger partial charge in [-0.1, -0.05) is 23.2 Å².